The van der Waals surface area contributed by atoms with Gasteiger partial charge in [0.05, 0.1) is 36.1 Å². The van der Waals surface area contributed by atoms with E-state index in [0.29, 0.717) is 36.8 Å². The number of hydrogen-bond donors (Lipinski definition) is 1. The number of hydrogen-bond acceptors (Lipinski definition) is 5. The Kier molecular flexibility index (Phi) is 7.27. The van der Waals surface area contributed by atoms with Crippen LogP contribution in [0.1, 0.15) is 63.0 Å². The first-order valence-electron chi connectivity index (χ1n) is 11.6. The van der Waals surface area contributed by atoms with Crippen molar-refractivity contribution in [2.45, 2.75) is 40.0 Å². The Balaban J connectivity index is 1.48. The van der Waals surface area contributed by atoms with Crippen molar-refractivity contribution >= 4 is 23.4 Å². The summed E-state index contributed by atoms with van der Waals surface area (Å²) in [7, 11) is 0. The molecule has 0 atom stereocenters. The molecule has 7 heteroatoms. The number of nitrogens with zero attached hydrogens (tertiary/aromatic N) is 1. The number of benzene rings is 3. The monoisotopic (exact) mass is 472 g/mol. The van der Waals surface area contributed by atoms with E-state index in [2.05, 4.69) is 5.32 Å². The van der Waals surface area contributed by atoms with Crippen molar-refractivity contribution in [3.63, 3.8) is 0 Å². The van der Waals surface area contributed by atoms with Gasteiger partial charge in [0.25, 0.3) is 17.7 Å². The molecule has 35 heavy (non-hydrogen) atoms. The largest absolute Gasteiger partial charge is 0.494 e. The maximum atomic E-state index is 13.1. The van der Waals surface area contributed by atoms with Crippen LogP contribution in [-0.2, 0) is 17.9 Å². The van der Waals surface area contributed by atoms with Crippen LogP contribution in [-0.4, -0.2) is 30.4 Å². The fraction of sp³-hybridized carbons (Fsp3) is 0.250. The van der Waals surface area contributed by atoms with Gasteiger partial charge in [-0.15, -0.1) is 0 Å². The predicted molar refractivity (Wildman–Crippen MR) is 133 cm³/mol. The van der Waals surface area contributed by atoms with Gasteiger partial charge in [0.2, 0.25) is 0 Å². The van der Waals surface area contributed by atoms with Gasteiger partial charge in [-0.05, 0) is 74.4 Å². The van der Waals surface area contributed by atoms with Crippen molar-refractivity contribution in [3.05, 3.63) is 94.5 Å². The maximum Gasteiger partial charge on any atom is 0.266 e. The SMILES string of the molecule is CCOc1ccc(N2C(=O)c3ccc(C(=O)NCc4ccccc4COC(C)C)cc3C2=O)cc1. The quantitative estimate of drug-likeness (QED) is 0.455. The number of imide groups is 1. The zero-order valence-corrected chi connectivity index (χ0v) is 20.0. The van der Waals surface area contributed by atoms with Crippen LogP contribution in [0.15, 0.2) is 66.7 Å². The molecule has 1 aliphatic rings. The standard InChI is InChI=1S/C28H28N2O5/c1-4-34-23-12-10-22(11-13-23)30-27(32)24-14-9-19(15-25(24)28(30)33)26(31)29-16-20-7-5-6-8-21(20)17-35-18(2)3/h5-15,18H,4,16-17H2,1-3H3,(H,29,31). The number of amides is 3. The Hall–Kier alpha value is -3.97. The molecule has 1 aliphatic heterocycles. The average Bonchev–Trinajstić information content (AvgIpc) is 3.11. The molecule has 0 saturated heterocycles. The minimum atomic E-state index is -0.458. The van der Waals surface area contributed by atoms with Gasteiger partial charge in [0.15, 0.2) is 0 Å². The zero-order chi connectivity index (χ0) is 24.9. The lowest BCUT2D eigenvalue weighted by atomic mass is 10.0. The second-order valence-corrected chi connectivity index (χ2v) is 8.44. The highest BCUT2D eigenvalue weighted by Gasteiger charge is 2.37. The molecule has 180 valence electrons. The third kappa shape index (κ3) is 5.25. The Bertz CT molecular complexity index is 1250. The molecule has 3 aromatic rings. The fourth-order valence-electron chi connectivity index (χ4n) is 3.88. The topological polar surface area (TPSA) is 84.9 Å². The highest BCUT2D eigenvalue weighted by molar-refractivity contribution is 6.34. The van der Waals surface area contributed by atoms with Crippen molar-refractivity contribution < 1.29 is 23.9 Å². The van der Waals surface area contributed by atoms with Crippen molar-refractivity contribution in [2.75, 3.05) is 11.5 Å². The molecule has 1 heterocycles. The molecule has 7 nitrogen and oxygen atoms in total. The van der Waals surface area contributed by atoms with Crippen LogP contribution < -0.4 is 15.0 Å². The fourth-order valence-corrected chi connectivity index (χ4v) is 3.88. The molecule has 0 fully saturated rings. The number of carbonyl (C=O) groups is 3. The van der Waals surface area contributed by atoms with Gasteiger partial charge in [-0.25, -0.2) is 4.90 Å². The molecular weight excluding hydrogens is 444 g/mol. The van der Waals surface area contributed by atoms with E-state index in [9.17, 15) is 14.4 Å². The highest BCUT2D eigenvalue weighted by Crippen LogP contribution is 2.30. The zero-order valence-electron chi connectivity index (χ0n) is 20.0. The molecule has 0 aromatic heterocycles. The third-order valence-corrected chi connectivity index (χ3v) is 5.68. The molecule has 0 bridgehead atoms. The van der Waals surface area contributed by atoms with Gasteiger partial charge in [0.1, 0.15) is 5.75 Å². The summed E-state index contributed by atoms with van der Waals surface area (Å²) >= 11 is 0. The molecule has 0 saturated carbocycles. The van der Waals surface area contributed by atoms with E-state index in [0.717, 1.165) is 16.0 Å². The van der Waals surface area contributed by atoms with E-state index in [1.165, 1.54) is 12.1 Å². The Labute approximate surface area is 204 Å². The normalized spacial score (nSPS) is 12.7. The number of fused-ring (bicyclic) bond motifs is 1. The lowest BCUT2D eigenvalue weighted by Crippen LogP contribution is -2.29. The molecule has 3 amide bonds. The van der Waals surface area contributed by atoms with E-state index in [1.807, 2.05) is 45.0 Å². The summed E-state index contributed by atoms with van der Waals surface area (Å²) in [6.07, 6.45) is 0.103. The van der Waals surface area contributed by atoms with Crippen LogP contribution in [0.4, 0.5) is 5.69 Å². The van der Waals surface area contributed by atoms with Crippen LogP contribution in [0.2, 0.25) is 0 Å². The van der Waals surface area contributed by atoms with E-state index in [4.69, 9.17) is 9.47 Å². The van der Waals surface area contributed by atoms with Gasteiger partial charge in [-0.3, -0.25) is 14.4 Å². The van der Waals surface area contributed by atoms with Gasteiger partial charge in [-0.1, -0.05) is 24.3 Å². The minimum absolute atomic E-state index is 0.103. The van der Waals surface area contributed by atoms with E-state index >= 15 is 0 Å². The molecule has 4 rings (SSSR count). The Morgan fingerprint density at radius 2 is 1.60 bits per heavy atom. The summed E-state index contributed by atoms with van der Waals surface area (Å²) in [6.45, 7) is 7.13. The molecule has 0 radical (unpaired) electrons. The van der Waals surface area contributed by atoms with Crippen molar-refractivity contribution in [1.82, 2.24) is 5.32 Å². The molecular formula is C28H28N2O5. The Morgan fingerprint density at radius 1 is 0.914 bits per heavy atom. The summed E-state index contributed by atoms with van der Waals surface area (Å²) in [5.74, 6) is -0.545. The lowest BCUT2D eigenvalue weighted by molar-refractivity contribution is 0.0651. The molecule has 0 spiro atoms. The summed E-state index contributed by atoms with van der Waals surface area (Å²) in [5.41, 5.74) is 3.21. The summed E-state index contributed by atoms with van der Waals surface area (Å²) < 4.78 is 11.1. The van der Waals surface area contributed by atoms with Gasteiger partial charge < -0.3 is 14.8 Å². The third-order valence-electron chi connectivity index (χ3n) is 5.68. The number of anilines is 1. The second kappa shape index (κ2) is 10.5. The summed E-state index contributed by atoms with van der Waals surface area (Å²) in [4.78, 5) is 40.0. The van der Waals surface area contributed by atoms with Crippen LogP contribution in [0.5, 0.6) is 5.75 Å². The van der Waals surface area contributed by atoms with Crippen LogP contribution in [0.3, 0.4) is 0 Å². The molecule has 0 unspecified atom stereocenters. The molecule has 1 N–H and O–H groups in total. The summed E-state index contributed by atoms with van der Waals surface area (Å²) in [6, 6.07) is 19.1. The van der Waals surface area contributed by atoms with Gasteiger partial charge in [-0.2, -0.15) is 0 Å². The Morgan fingerprint density at radius 3 is 2.29 bits per heavy atom. The van der Waals surface area contributed by atoms with Crippen molar-refractivity contribution in [3.8, 4) is 5.75 Å². The van der Waals surface area contributed by atoms with E-state index in [1.54, 1.807) is 30.3 Å². The number of rotatable bonds is 9. The maximum absolute atomic E-state index is 13.1. The molecule has 0 aliphatic carbocycles. The predicted octanol–water partition coefficient (Wildman–Crippen LogP) is 4.74. The van der Waals surface area contributed by atoms with E-state index in [-0.39, 0.29) is 23.1 Å². The van der Waals surface area contributed by atoms with Gasteiger partial charge >= 0.3 is 0 Å². The highest BCUT2D eigenvalue weighted by atomic mass is 16.5. The number of nitrogens with one attached hydrogen (secondary N) is 1. The van der Waals surface area contributed by atoms with Crippen LogP contribution >= 0.6 is 0 Å². The van der Waals surface area contributed by atoms with Crippen molar-refractivity contribution in [1.29, 1.82) is 0 Å². The minimum Gasteiger partial charge on any atom is -0.494 e. The summed E-state index contributed by atoms with van der Waals surface area (Å²) in [5, 5.41) is 2.90. The van der Waals surface area contributed by atoms with Crippen LogP contribution in [0.25, 0.3) is 0 Å². The average molecular weight is 473 g/mol. The first-order chi connectivity index (χ1) is 16.9. The molecule has 3 aromatic carbocycles. The first-order valence-corrected chi connectivity index (χ1v) is 11.6. The van der Waals surface area contributed by atoms with E-state index < -0.39 is 11.8 Å². The van der Waals surface area contributed by atoms with Gasteiger partial charge in [0, 0.05) is 12.1 Å². The smallest absolute Gasteiger partial charge is 0.266 e. The lowest BCUT2D eigenvalue weighted by Gasteiger charge is -2.14. The van der Waals surface area contributed by atoms with Crippen molar-refractivity contribution in [2.24, 2.45) is 0 Å². The second-order valence-electron chi connectivity index (χ2n) is 8.44. The number of ether oxygens (including phenoxy) is 2. The first kappa shape index (κ1) is 24.2. The number of carbonyl (C=O) groups excluding carboxylic acids is 3. The van der Waals surface area contributed by atoms with Crippen LogP contribution in [0, 0.1) is 0 Å².